The van der Waals surface area contributed by atoms with Crippen LogP contribution in [0.2, 0.25) is 0 Å². The lowest BCUT2D eigenvalue weighted by molar-refractivity contribution is 0.104. The van der Waals surface area contributed by atoms with Crippen molar-refractivity contribution in [1.82, 2.24) is 4.98 Å². The first kappa shape index (κ1) is 9.52. The number of aryl methyl sites for hydroxylation is 2. The van der Waals surface area contributed by atoms with Crippen LogP contribution in [0.1, 0.15) is 21.7 Å². The lowest BCUT2D eigenvalue weighted by Gasteiger charge is -1.91. The number of allylic oxidation sites excluding steroid dienone is 3. The fraction of sp³-hybridized carbons (Fsp3) is 0.182. The molecule has 1 aromatic heterocycles. The zero-order valence-electron chi connectivity index (χ0n) is 7.92. The van der Waals surface area contributed by atoms with E-state index in [4.69, 9.17) is 0 Å². The van der Waals surface area contributed by atoms with Crippen molar-refractivity contribution in [3.63, 3.8) is 0 Å². The van der Waals surface area contributed by atoms with Crippen LogP contribution in [-0.4, -0.2) is 10.8 Å². The normalized spacial score (nSPS) is 10.6. The molecule has 0 unspecified atom stereocenters. The molecule has 0 bridgehead atoms. The smallest absolute Gasteiger partial charge is 0.202 e. The van der Waals surface area contributed by atoms with E-state index in [1.807, 2.05) is 19.9 Å². The molecular weight excluding hydrogens is 162 g/mol. The molecule has 1 aromatic rings. The molecule has 0 fully saturated rings. The Morgan fingerprint density at radius 1 is 1.54 bits per heavy atom. The maximum Gasteiger partial charge on any atom is 0.202 e. The van der Waals surface area contributed by atoms with E-state index in [0.717, 1.165) is 11.3 Å². The van der Waals surface area contributed by atoms with Crippen LogP contribution in [0.15, 0.2) is 30.9 Å². The molecule has 0 aliphatic rings. The number of aromatic nitrogens is 1. The highest BCUT2D eigenvalue weighted by Crippen LogP contribution is 2.09. The molecule has 1 N–H and O–H groups in total. The predicted molar refractivity (Wildman–Crippen MR) is 53.9 cm³/mol. The van der Waals surface area contributed by atoms with Crippen LogP contribution in [-0.2, 0) is 0 Å². The predicted octanol–water partition coefficient (Wildman–Crippen LogP) is 2.56. The van der Waals surface area contributed by atoms with Crippen molar-refractivity contribution in [3.8, 4) is 0 Å². The SMILES string of the molecule is C=CC=CC(=O)c1[nH]c(C)cc1C. The second kappa shape index (κ2) is 3.90. The van der Waals surface area contributed by atoms with E-state index in [1.165, 1.54) is 6.08 Å². The summed E-state index contributed by atoms with van der Waals surface area (Å²) >= 11 is 0. The molecule has 0 aliphatic carbocycles. The molecule has 0 saturated heterocycles. The fourth-order valence-electron chi connectivity index (χ4n) is 1.22. The summed E-state index contributed by atoms with van der Waals surface area (Å²) in [7, 11) is 0. The molecule has 0 atom stereocenters. The van der Waals surface area contributed by atoms with Crippen LogP contribution >= 0.6 is 0 Å². The molecule has 0 amide bonds. The molecule has 2 heteroatoms. The first-order valence-corrected chi connectivity index (χ1v) is 4.15. The van der Waals surface area contributed by atoms with Crippen molar-refractivity contribution in [2.24, 2.45) is 0 Å². The van der Waals surface area contributed by atoms with E-state index in [-0.39, 0.29) is 5.78 Å². The molecular formula is C11H13NO. The van der Waals surface area contributed by atoms with Crippen molar-refractivity contribution in [2.75, 3.05) is 0 Å². The van der Waals surface area contributed by atoms with Gasteiger partial charge in [-0.05, 0) is 31.6 Å². The molecule has 68 valence electrons. The largest absolute Gasteiger partial charge is 0.356 e. The van der Waals surface area contributed by atoms with Gasteiger partial charge in [0.15, 0.2) is 0 Å². The summed E-state index contributed by atoms with van der Waals surface area (Å²) in [6.07, 6.45) is 4.73. The summed E-state index contributed by atoms with van der Waals surface area (Å²) < 4.78 is 0. The lowest BCUT2D eigenvalue weighted by atomic mass is 10.2. The monoisotopic (exact) mass is 175 g/mol. The number of aromatic amines is 1. The average Bonchev–Trinajstić information content (AvgIpc) is 2.41. The third-order valence-electron chi connectivity index (χ3n) is 1.78. The van der Waals surface area contributed by atoms with Crippen molar-refractivity contribution in [2.45, 2.75) is 13.8 Å². The maximum atomic E-state index is 11.5. The molecule has 2 nitrogen and oxygen atoms in total. The summed E-state index contributed by atoms with van der Waals surface area (Å²) in [4.78, 5) is 14.5. The second-order valence-corrected chi connectivity index (χ2v) is 2.97. The van der Waals surface area contributed by atoms with Gasteiger partial charge in [-0.15, -0.1) is 0 Å². The van der Waals surface area contributed by atoms with E-state index in [2.05, 4.69) is 11.6 Å². The number of hydrogen-bond acceptors (Lipinski definition) is 1. The molecule has 1 rings (SSSR count). The van der Waals surface area contributed by atoms with Crippen LogP contribution in [0.3, 0.4) is 0 Å². The Balaban J connectivity index is 2.94. The number of ketones is 1. The van der Waals surface area contributed by atoms with Gasteiger partial charge in [0.05, 0.1) is 5.69 Å². The summed E-state index contributed by atoms with van der Waals surface area (Å²) in [5.41, 5.74) is 2.65. The highest BCUT2D eigenvalue weighted by Gasteiger charge is 2.07. The van der Waals surface area contributed by atoms with Gasteiger partial charge in [0.1, 0.15) is 0 Å². The van der Waals surface area contributed by atoms with Gasteiger partial charge < -0.3 is 4.98 Å². The number of carbonyl (C=O) groups excluding carboxylic acids is 1. The van der Waals surface area contributed by atoms with Gasteiger partial charge in [-0.25, -0.2) is 0 Å². The Morgan fingerprint density at radius 3 is 2.69 bits per heavy atom. The molecule has 0 saturated carbocycles. The minimum Gasteiger partial charge on any atom is -0.356 e. The minimum absolute atomic E-state index is 0.00880. The summed E-state index contributed by atoms with van der Waals surface area (Å²) in [6, 6.07) is 1.95. The Hall–Kier alpha value is -1.57. The summed E-state index contributed by atoms with van der Waals surface area (Å²) in [6.45, 7) is 7.35. The number of nitrogens with one attached hydrogen (secondary N) is 1. The van der Waals surface area contributed by atoms with Gasteiger partial charge in [-0.2, -0.15) is 0 Å². The van der Waals surface area contributed by atoms with Crippen LogP contribution < -0.4 is 0 Å². The third-order valence-corrected chi connectivity index (χ3v) is 1.78. The molecule has 1 heterocycles. The van der Waals surface area contributed by atoms with E-state index < -0.39 is 0 Å². The van der Waals surface area contributed by atoms with Crippen molar-refractivity contribution in [1.29, 1.82) is 0 Å². The number of hydrogen-bond donors (Lipinski definition) is 1. The quantitative estimate of drug-likeness (QED) is 0.427. The van der Waals surface area contributed by atoms with Gasteiger partial charge >= 0.3 is 0 Å². The molecule has 0 radical (unpaired) electrons. The van der Waals surface area contributed by atoms with Crippen LogP contribution in [0, 0.1) is 13.8 Å². The van der Waals surface area contributed by atoms with Crippen LogP contribution in [0.25, 0.3) is 0 Å². The highest BCUT2D eigenvalue weighted by molar-refractivity contribution is 6.04. The zero-order valence-corrected chi connectivity index (χ0v) is 7.92. The summed E-state index contributed by atoms with van der Waals surface area (Å²) in [5, 5.41) is 0. The van der Waals surface area contributed by atoms with E-state index in [0.29, 0.717) is 5.69 Å². The first-order chi connectivity index (χ1) is 6.15. The van der Waals surface area contributed by atoms with Crippen molar-refractivity contribution in [3.05, 3.63) is 47.8 Å². The molecule has 0 aliphatic heterocycles. The Morgan fingerprint density at radius 2 is 2.23 bits per heavy atom. The lowest BCUT2D eigenvalue weighted by Crippen LogP contribution is -1.96. The minimum atomic E-state index is -0.00880. The van der Waals surface area contributed by atoms with Gasteiger partial charge in [-0.1, -0.05) is 18.7 Å². The van der Waals surface area contributed by atoms with Gasteiger partial charge in [-0.3, -0.25) is 4.79 Å². The van der Waals surface area contributed by atoms with Crippen LogP contribution in [0.4, 0.5) is 0 Å². The van der Waals surface area contributed by atoms with E-state index in [1.54, 1.807) is 12.2 Å². The molecule has 0 spiro atoms. The Bertz CT molecular complexity index is 358. The van der Waals surface area contributed by atoms with Gasteiger partial charge in [0.25, 0.3) is 0 Å². The van der Waals surface area contributed by atoms with Crippen molar-refractivity contribution >= 4 is 5.78 Å². The van der Waals surface area contributed by atoms with Crippen LogP contribution in [0.5, 0.6) is 0 Å². The third kappa shape index (κ3) is 2.18. The highest BCUT2D eigenvalue weighted by atomic mass is 16.1. The van der Waals surface area contributed by atoms with E-state index >= 15 is 0 Å². The number of rotatable bonds is 3. The Labute approximate surface area is 78.0 Å². The van der Waals surface area contributed by atoms with Gasteiger partial charge in [0.2, 0.25) is 5.78 Å². The number of H-pyrrole nitrogens is 1. The topological polar surface area (TPSA) is 32.9 Å². The van der Waals surface area contributed by atoms with E-state index in [9.17, 15) is 4.79 Å². The van der Waals surface area contributed by atoms with Crippen molar-refractivity contribution < 1.29 is 4.79 Å². The molecule has 13 heavy (non-hydrogen) atoms. The standard InChI is InChI=1S/C11H13NO/c1-4-5-6-10(13)11-8(2)7-9(3)12-11/h4-7,12H,1H2,2-3H3. The number of carbonyl (C=O) groups is 1. The first-order valence-electron chi connectivity index (χ1n) is 4.15. The Kier molecular flexibility index (Phi) is 2.85. The second-order valence-electron chi connectivity index (χ2n) is 2.97. The average molecular weight is 175 g/mol. The fourth-order valence-corrected chi connectivity index (χ4v) is 1.22. The zero-order chi connectivity index (χ0) is 9.84. The maximum absolute atomic E-state index is 11.5. The molecule has 0 aromatic carbocycles. The summed E-state index contributed by atoms with van der Waals surface area (Å²) in [5.74, 6) is -0.00880. The van der Waals surface area contributed by atoms with Gasteiger partial charge in [0, 0.05) is 5.69 Å².